The van der Waals surface area contributed by atoms with E-state index >= 15 is 0 Å². The molecule has 3 heteroatoms. The first-order valence-corrected chi connectivity index (χ1v) is 7.15. The van der Waals surface area contributed by atoms with Gasteiger partial charge in [-0.1, -0.05) is 35.2 Å². The lowest BCUT2D eigenvalue weighted by molar-refractivity contribution is 0.303. The van der Waals surface area contributed by atoms with E-state index in [1.54, 1.807) is 12.1 Å². The third-order valence-corrected chi connectivity index (χ3v) is 4.49. The number of rotatable bonds is 3. The van der Waals surface area contributed by atoms with Gasteiger partial charge in [0.15, 0.2) is 0 Å². The minimum Gasteiger partial charge on any atom is -0.327 e. The molecule has 1 nitrogen and oxygen atoms in total. The Kier molecular flexibility index (Phi) is 4.57. The van der Waals surface area contributed by atoms with Crippen LogP contribution in [-0.2, 0) is 6.42 Å². The van der Waals surface area contributed by atoms with Gasteiger partial charge in [0.05, 0.1) is 0 Å². The lowest BCUT2D eigenvalue weighted by Gasteiger charge is -2.27. The molecule has 94 valence electrons. The normalized spacial score (nSPS) is 19.2. The van der Waals surface area contributed by atoms with Gasteiger partial charge in [-0.15, -0.1) is 0 Å². The van der Waals surface area contributed by atoms with Gasteiger partial charge in [-0.05, 0) is 48.9 Å². The van der Waals surface area contributed by atoms with Crippen LogP contribution in [-0.4, -0.2) is 6.04 Å². The molecule has 1 aromatic rings. The maximum Gasteiger partial charge on any atom is 0.123 e. The predicted molar refractivity (Wildman–Crippen MR) is 72.4 cm³/mol. The minimum absolute atomic E-state index is 0.161. The Morgan fingerprint density at radius 3 is 2.71 bits per heavy atom. The summed E-state index contributed by atoms with van der Waals surface area (Å²) in [5, 5.41) is 0. The number of halogens is 2. The molecule has 0 heterocycles. The molecule has 1 fully saturated rings. The van der Waals surface area contributed by atoms with Crippen LogP contribution < -0.4 is 5.73 Å². The second-order valence-electron chi connectivity index (χ2n) is 5.00. The highest BCUT2D eigenvalue weighted by atomic mass is 79.9. The largest absolute Gasteiger partial charge is 0.327 e. The standard InChI is InChI=1S/C14H19BrFN/c15-13-7-6-12(16)8-11(13)9-14(17)10-4-2-1-3-5-10/h6-8,10,14H,1-5,9,17H2. The van der Waals surface area contributed by atoms with Crippen molar-refractivity contribution >= 4 is 15.9 Å². The highest BCUT2D eigenvalue weighted by Crippen LogP contribution is 2.28. The van der Waals surface area contributed by atoms with Crippen LogP contribution in [0.4, 0.5) is 4.39 Å². The molecule has 0 aliphatic heterocycles. The van der Waals surface area contributed by atoms with Crippen molar-refractivity contribution in [1.82, 2.24) is 0 Å². The zero-order chi connectivity index (χ0) is 12.3. The summed E-state index contributed by atoms with van der Waals surface area (Å²) in [6.07, 6.45) is 7.16. The fourth-order valence-electron chi connectivity index (χ4n) is 2.68. The second-order valence-corrected chi connectivity index (χ2v) is 5.86. The van der Waals surface area contributed by atoms with Crippen LogP contribution in [0, 0.1) is 11.7 Å². The van der Waals surface area contributed by atoms with Gasteiger partial charge in [-0.3, -0.25) is 0 Å². The highest BCUT2D eigenvalue weighted by molar-refractivity contribution is 9.10. The summed E-state index contributed by atoms with van der Waals surface area (Å²) in [6, 6.07) is 4.98. The van der Waals surface area contributed by atoms with Gasteiger partial charge in [0.1, 0.15) is 5.82 Å². The van der Waals surface area contributed by atoms with E-state index in [4.69, 9.17) is 5.73 Å². The van der Waals surface area contributed by atoms with E-state index in [0.717, 1.165) is 16.5 Å². The zero-order valence-corrected chi connectivity index (χ0v) is 11.5. The van der Waals surface area contributed by atoms with Gasteiger partial charge in [0.25, 0.3) is 0 Å². The van der Waals surface area contributed by atoms with Crippen molar-refractivity contribution in [2.75, 3.05) is 0 Å². The smallest absolute Gasteiger partial charge is 0.123 e. The van der Waals surface area contributed by atoms with E-state index in [-0.39, 0.29) is 11.9 Å². The third-order valence-electron chi connectivity index (χ3n) is 3.72. The van der Waals surface area contributed by atoms with Gasteiger partial charge in [0, 0.05) is 10.5 Å². The van der Waals surface area contributed by atoms with Crippen LogP contribution in [0.1, 0.15) is 37.7 Å². The molecule has 2 rings (SSSR count). The van der Waals surface area contributed by atoms with Gasteiger partial charge in [-0.25, -0.2) is 4.39 Å². The molecule has 0 amide bonds. The molecular formula is C14H19BrFN. The molecule has 2 N–H and O–H groups in total. The number of nitrogens with two attached hydrogens (primary N) is 1. The molecule has 0 radical (unpaired) electrons. The van der Waals surface area contributed by atoms with Crippen molar-refractivity contribution in [3.8, 4) is 0 Å². The van der Waals surface area contributed by atoms with Gasteiger partial charge >= 0.3 is 0 Å². The third kappa shape index (κ3) is 3.52. The van der Waals surface area contributed by atoms with Crippen LogP contribution in [0.3, 0.4) is 0 Å². The number of benzene rings is 1. The maximum absolute atomic E-state index is 13.2. The monoisotopic (exact) mass is 299 g/mol. The Morgan fingerprint density at radius 1 is 1.29 bits per heavy atom. The Morgan fingerprint density at radius 2 is 2.00 bits per heavy atom. The average molecular weight is 300 g/mol. The summed E-state index contributed by atoms with van der Waals surface area (Å²) >= 11 is 3.46. The Labute approximate surface area is 111 Å². The summed E-state index contributed by atoms with van der Waals surface area (Å²) in [5.74, 6) is 0.429. The molecule has 0 spiro atoms. The first-order valence-electron chi connectivity index (χ1n) is 6.36. The van der Waals surface area contributed by atoms with Crippen molar-refractivity contribution in [2.24, 2.45) is 11.7 Å². The number of hydrogen-bond acceptors (Lipinski definition) is 1. The zero-order valence-electron chi connectivity index (χ0n) is 9.96. The first kappa shape index (κ1) is 13.0. The van der Waals surface area contributed by atoms with E-state index in [9.17, 15) is 4.39 Å². The number of hydrogen-bond donors (Lipinski definition) is 1. The minimum atomic E-state index is -0.181. The summed E-state index contributed by atoms with van der Waals surface area (Å²) in [5.41, 5.74) is 7.25. The Bertz CT molecular complexity index is 374. The van der Waals surface area contributed by atoms with E-state index in [2.05, 4.69) is 15.9 Å². The summed E-state index contributed by atoms with van der Waals surface area (Å²) in [4.78, 5) is 0. The van der Waals surface area contributed by atoms with Crippen LogP contribution in [0.2, 0.25) is 0 Å². The molecule has 0 bridgehead atoms. The fraction of sp³-hybridized carbons (Fsp3) is 0.571. The molecule has 1 aliphatic carbocycles. The molecule has 0 saturated heterocycles. The van der Waals surface area contributed by atoms with E-state index in [0.29, 0.717) is 5.92 Å². The Balaban J connectivity index is 2.01. The molecule has 17 heavy (non-hydrogen) atoms. The molecule has 1 aromatic carbocycles. The van der Waals surface area contributed by atoms with Gasteiger partial charge in [0.2, 0.25) is 0 Å². The predicted octanol–water partition coefficient (Wildman–Crippen LogP) is 4.04. The molecular weight excluding hydrogens is 281 g/mol. The van der Waals surface area contributed by atoms with Gasteiger partial charge < -0.3 is 5.73 Å². The van der Waals surface area contributed by atoms with Crippen LogP contribution in [0.25, 0.3) is 0 Å². The van der Waals surface area contributed by atoms with Crippen LogP contribution in [0.15, 0.2) is 22.7 Å². The second kappa shape index (κ2) is 5.96. The van der Waals surface area contributed by atoms with Crippen LogP contribution >= 0.6 is 15.9 Å². The fourth-order valence-corrected chi connectivity index (χ4v) is 3.09. The SMILES string of the molecule is NC(Cc1cc(F)ccc1Br)C1CCCCC1. The lowest BCUT2D eigenvalue weighted by atomic mass is 9.82. The molecule has 1 atom stereocenters. The van der Waals surface area contributed by atoms with Crippen molar-refractivity contribution in [2.45, 2.75) is 44.6 Å². The van der Waals surface area contributed by atoms with Crippen molar-refractivity contribution in [3.63, 3.8) is 0 Å². The topological polar surface area (TPSA) is 26.0 Å². The quantitative estimate of drug-likeness (QED) is 0.896. The summed E-state index contributed by atoms with van der Waals surface area (Å²) in [6.45, 7) is 0. The summed E-state index contributed by atoms with van der Waals surface area (Å²) in [7, 11) is 0. The van der Waals surface area contributed by atoms with Crippen molar-refractivity contribution in [3.05, 3.63) is 34.1 Å². The van der Waals surface area contributed by atoms with E-state index in [1.165, 1.54) is 38.2 Å². The average Bonchev–Trinajstić information content (AvgIpc) is 2.35. The van der Waals surface area contributed by atoms with Crippen LogP contribution in [0.5, 0.6) is 0 Å². The molecule has 1 aliphatic rings. The molecule has 0 aromatic heterocycles. The maximum atomic E-state index is 13.2. The van der Waals surface area contributed by atoms with E-state index in [1.807, 2.05) is 0 Å². The molecule has 1 saturated carbocycles. The molecule has 1 unspecified atom stereocenters. The Hall–Kier alpha value is -0.410. The van der Waals surface area contributed by atoms with Crippen molar-refractivity contribution in [1.29, 1.82) is 0 Å². The summed E-state index contributed by atoms with van der Waals surface area (Å²) < 4.78 is 14.1. The lowest BCUT2D eigenvalue weighted by Crippen LogP contribution is -2.33. The highest BCUT2D eigenvalue weighted by Gasteiger charge is 2.21. The van der Waals surface area contributed by atoms with Crippen molar-refractivity contribution < 1.29 is 4.39 Å². The van der Waals surface area contributed by atoms with Gasteiger partial charge in [-0.2, -0.15) is 0 Å². The first-order chi connectivity index (χ1) is 8.16. The van der Waals surface area contributed by atoms with E-state index < -0.39 is 0 Å².